The van der Waals surface area contributed by atoms with Gasteiger partial charge in [-0.15, -0.1) is 0 Å². The number of aromatic amines is 1. The molecular weight excluding hydrogens is 154 g/mol. The molecule has 1 aromatic carbocycles. The number of nitrogens with one attached hydrogen (secondary N) is 1. The van der Waals surface area contributed by atoms with E-state index in [0.29, 0.717) is 5.88 Å². The molecule has 0 saturated carbocycles. The third-order valence-corrected chi connectivity index (χ3v) is 1.30. The highest BCUT2D eigenvalue weighted by Crippen LogP contribution is 2.15. The van der Waals surface area contributed by atoms with Crippen LogP contribution in [0, 0.1) is 6.07 Å². The molecule has 0 aliphatic carbocycles. The Morgan fingerprint density at radius 2 is 2.17 bits per heavy atom. The summed E-state index contributed by atoms with van der Waals surface area (Å²) < 4.78 is 5.29. The molecule has 0 spiro atoms. The smallest absolute Gasteiger partial charge is 0.258 e. The minimum absolute atomic E-state index is 0.459. The Hall–Kier alpha value is -1.84. The van der Waals surface area contributed by atoms with Gasteiger partial charge < -0.3 is 4.74 Å². The molecule has 2 rings (SSSR count). The normalized spacial score (nSPS) is 9.67. The van der Waals surface area contributed by atoms with Crippen molar-refractivity contribution >= 4 is 0 Å². The average Bonchev–Trinajstić information content (AvgIpc) is 2.59. The van der Waals surface area contributed by atoms with Crippen LogP contribution in [0.25, 0.3) is 0 Å². The first-order chi connectivity index (χ1) is 5.95. The predicted molar refractivity (Wildman–Crippen MR) is 41.7 cm³/mol. The number of benzene rings is 1. The summed E-state index contributed by atoms with van der Waals surface area (Å²) in [5.41, 5.74) is 0. The monoisotopic (exact) mass is 160 g/mol. The van der Waals surface area contributed by atoms with Gasteiger partial charge in [-0.1, -0.05) is 22.4 Å². The van der Waals surface area contributed by atoms with Gasteiger partial charge in [0.15, 0.2) is 0 Å². The maximum absolute atomic E-state index is 5.29. The van der Waals surface area contributed by atoms with Crippen LogP contribution in [0.3, 0.4) is 0 Å². The number of nitrogens with zero attached hydrogens (tertiary/aromatic N) is 2. The van der Waals surface area contributed by atoms with E-state index in [9.17, 15) is 0 Å². The first-order valence-electron chi connectivity index (χ1n) is 3.45. The lowest BCUT2D eigenvalue weighted by molar-refractivity contribution is 0.461. The standard InChI is InChI=1S/C8H6N3O/c1-2-4-7(5-3-1)12-8-6-9-11-10-8/h2-6H,(H,9,10,11). The van der Waals surface area contributed by atoms with E-state index in [1.807, 2.05) is 0 Å². The zero-order valence-corrected chi connectivity index (χ0v) is 6.19. The van der Waals surface area contributed by atoms with Crippen molar-refractivity contribution in [3.8, 4) is 11.6 Å². The molecule has 1 heterocycles. The molecule has 1 radical (unpaired) electrons. The van der Waals surface area contributed by atoms with E-state index in [0.717, 1.165) is 5.75 Å². The predicted octanol–water partition coefficient (Wildman–Crippen LogP) is 1.40. The number of hydrogen-bond acceptors (Lipinski definition) is 3. The second kappa shape index (κ2) is 3.04. The van der Waals surface area contributed by atoms with E-state index in [4.69, 9.17) is 4.74 Å². The largest absolute Gasteiger partial charge is 0.436 e. The van der Waals surface area contributed by atoms with Crippen molar-refractivity contribution < 1.29 is 4.74 Å². The van der Waals surface area contributed by atoms with Gasteiger partial charge in [0, 0.05) is 0 Å². The Morgan fingerprint density at radius 3 is 2.83 bits per heavy atom. The van der Waals surface area contributed by atoms with Gasteiger partial charge in [-0.25, -0.2) is 0 Å². The fourth-order valence-electron chi connectivity index (χ4n) is 0.801. The average molecular weight is 160 g/mol. The quantitative estimate of drug-likeness (QED) is 0.722. The van der Waals surface area contributed by atoms with Gasteiger partial charge in [0.25, 0.3) is 5.88 Å². The molecule has 0 fully saturated rings. The minimum Gasteiger partial charge on any atom is -0.436 e. The van der Waals surface area contributed by atoms with Crippen LogP contribution in [0.2, 0.25) is 0 Å². The number of rotatable bonds is 2. The highest BCUT2D eigenvalue weighted by molar-refractivity contribution is 5.24. The van der Waals surface area contributed by atoms with E-state index in [1.54, 1.807) is 30.5 Å². The van der Waals surface area contributed by atoms with Crippen LogP contribution < -0.4 is 4.74 Å². The fourth-order valence-corrected chi connectivity index (χ4v) is 0.801. The van der Waals surface area contributed by atoms with Crippen molar-refractivity contribution in [3.63, 3.8) is 0 Å². The summed E-state index contributed by atoms with van der Waals surface area (Å²) in [5, 5.41) is 9.74. The first kappa shape index (κ1) is 6.84. The molecule has 0 unspecified atom stereocenters. The van der Waals surface area contributed by atoms with Crippen LogP contribution >= 0.6 is 0 Å². The van der Waals surface area contributed by atoms with Gasteiger partial charge in [0.1, 0.15) is 5.75 Å². The molecule has 2 aromatic rings. The molecule has 4 nitrogen and oxygen atoms in total. The van der Waals surface area contributed by atoms with Gasteiger partial charge >= 0.3 is 0 Å². The lowest BCUT2D eigenvalue weighted by Gasteiger charge is -1.98. The lowest BCUT2D eigenvalue weighted by atomic mass is 10.3. The number of aromatic nitrogens is 3. The van der Waals surface area contributed by atoms with Crippen molar-refractivity contribution in [2.75, 3.05) is 0 Å². The van der Waals surface area contributed by atoms with Gasteiger partial charge in [-0.05, 0) is 18.2 Å². The highest BCUT2D eigenvalue weighted by Gasteiger charge is 1.96. The molecule has 59 valence electrons. The molecule has 0 atom stereocenters. The fraction of sp³-hybridized carbons (Fsp3) is 0. The first-order valence-corrected chi connectivity index (χ1v) is 3.45. The maximum atomic E-state index is 5.29. The summed E-state index contributed by atoms with van der Waals surface area (Å²) in [7, 11) is 0. The molecule has 12 heavy (non-hydrogen) atoms. The molecular formula is C8H6N3O. The van der Waals surface area contributed by atoms with Crippen LogP contribution in [0.4, 0.5) is 0 Å². The highest BCUT2D eigenvalue weighted by atomic mass is 16.5. The van der Waals surface area contributed by atoms with E-state index < -0.39 is 0 Å². The number of ether oxygens (including phenoxy) is 1. The lowest BCUT2D eigenvalue weighted by Crippen LogP contribution is -1.82. The topological polar surface area (TPSA) is 50.8 Å². The van der Waals surface area contributed by atoms with Gasteiger partial charge in [-0.2, -0.15) is 0 Å². The molecule has 1 N–H and O–H groups in total. The van der Waals surface area contributed by atoms with Crippen LogP contribution in [0.15, 0.2) is 30.5 Å². The van der Waals surface area contributed by atoms with E-state index in [-0.39, 0.29) is 0 Å². The van der Waals surface area contributed by atoms with Crippen molar-refractivity contribution in [3.05, 3.63) is 36.5 Å². The molecule has 1 aromatic heterocycles. The molecule has 0 aliphatic rings. The maximum Gasteiger partial charge on any atom is 0.258 e. The molecule has 0 saturated heterocycles. The zero-order chi connectivity index (χ0) is 8.23. The molecule has 0 bridgehead atoms. The minimum atomic E-state index is 0.459. The van der Waals surface area contributed by atoms with Crippen molar-refractivity contribution in [2.45, 2.75) is 0 Å². The molecule has 0 aliphatic heterocycles. The SMILES string of the molecule is [c]1ccc(Oc2c[nH]nn2)cc1. The van der Waals surface area contributed by atoms with E-state index >= 15 is 0 Å². The third-order valence-electron chi connectivity index (χ3n) is 1.30. The summed E-state index contributed by atoms with van der Waals surface area (Å²) >= 11 is 0. The summed E-state index contributed by atoms with van der Waals surface area (Å²) in [6, 6.07) is 10.0. The summed E-state index contributed by atoms with van der Waals surface area (Å²) in [4.78, 5) is 0. The number of H-pyrrole nitrogens is 1. The van der Waals surface area contributed by atoms with Crippen LogP contribution in [-0.4, -0.2) is 15.4 Å². The second-order valence-electron chi connectivity index (χ2n) is 2.15. The van der Waals surface area contributed by atoms with Gasteiger partial charge in [-0.3, -0.25) is 5.10 Å². The second-order valence-corrected chi connectivity index (χ2v) is 2.15. The van der Waals surface area contributed by atoms with Crippen LogP contribution in [0.1, 0.15) is 0 Å². The molecule has 0 amide bonds. The van der Waals surface area contributed by atoms with E-state index in [1.165, 1.54) is 0 Å². The van der Waals surface area contributed by atoms with Crippen molar-refractivity contribution in [1.82, 2.24) is 15.4 Å². The molecule has 4 heteroatoms. The van der Waals surface area contributed by atoms with Crippen LogP contribution in [-0.2, 0) is 0 Å². The zero-order valence-electron chi connectivity index (χ0n) is 6.19. The number of hydrogen-bond donors (Lipinski definition) is 1. The van der Waals surface area contributed by atoms with E-state index in [2.05, 4.69) is 21.5 Å². The van der Waals surface area contributed by atoms with Crippen LogP contribution in [0.5, 0.6) is 11.6 Å². The Balaban J connectivity index is 2.15. The van der Waals surface area contributed by atoms with Gasteiger partial charge in [0.2, 0.25) is 0 Å². The Labute approximate surface area is 69.2 Å². The third kappa shape index (κ3) is 1.42. The Bertz CT molecular complexity index is 330. The van der Waals surface area contributed by atoms with Gasteiger partial charge in [0.05, 0.1) is 6.20 Å². The summed E-state index contributed by atoms with van der Waals surface area (Å²) in [6.45, 7) is 0. The van der Waals surface area contributed by atoms with Crippen molar-refractivity contribution in [2.24, 2.45) is 0 Å². The Morgan fingerprint density at radius 1 is 1.33 bits per heavy atom. The van der Waals surface area contributed by atoms with Crippen molar-refractivity contribution in [1.29, 1.82) is 0 Å². The Kier molecular flexibility index (Phi) is 1.74. The summed E-state index contributed by atoms with van der Waals surface area (Å²) in [6.07, 6.45) is 1.58. The summed E-state index contributed by atoms with van der Waals surface area (Å²) in [5.74, 6) is 1.18.